The van der Waals surface area contributed by atoms with E-state index in [1.807, 2.05) is 42.5 Å². The van der Waals surface area contributed by atoms with Crippen molar-refractivity contribution in [3.05, 3.63) is 66.5 Å². The van der Waals surface area contributed by atoms with Gasteiger partial charge in [-0.2, -0.15) is 0 Å². The minimum Gasteiger partial charge on any atom is -0.457 e. The molecule has 1 unspecified atom stereocenters. The van der Waals surface area contributed by atoms with Crippen LogP contribution in [0.3, 0.4) is 0 Å². The Morgan fingerprint density at radius 1 is 1.19 bits per heavy atom. The lowest BCUT2D eigenvalue weighted by Gasteiger charge is -2.51. The topological polar surface area (TPSA) is 50.8 Å². The second-order valence-electron chi connectivity index (χ2n) is 8.69. The van der Waals surface area contributed by atoms with Crippen LogP contribution in [0.2, 0.25) is 0 Å². The van der Waals surface area contributed by atoms with Crippen LogP contribution in [0.1, 0.15) is 38.5 Å². The average Bonchev–Trinajstić information content (AvgIpc) is 3.04. The van der Waals surface area contributed by atoms with Crippen LogP contribution in [0, 0.1) is 5.41 Å². The highest BCUT2D eigenvalue weighted by molar-refractivity contribution is 7.80. The lowest BCUT2D eigenvalue weighted by molar-refractivity contribution is -0.135. The van der Waals surface area contributed by atoms with Gasteiger partial charge in [-0.15, -0.1) is 0 Å². The number of fused-ring (bicyclic) bond motifs is 1. The van der Waals surface area contributed by atoms with E-state index in [0.29, 0.717) is 16.4 Å². The number of rotatable bonds is 3. The van der Waals surface area contributed by atoms with Gasteiger partial charge in [0.25, 0.3) is 5.91 Å². The zero-order valence-electron chi connectivity index (χ0n) is 18.2. The molecular weight excluding hydrogens is 408 g/mol. The van der Waals surface area contributed by atoms with E-state index in [1.165, 1.54) is 0 Å². The number of nitrogens with one attached hydrogen (secondary N) is 1. The molecule has 3 aliphatic rings. The third-order valence-corrected chi connectivity index (χ3v) is 7.47. The molecule has 164 valence electrons. The van der Waals surface area contributed by atoms with Gasteiger partial charge in [0.15, 0.2) is 5.11 Å². The predicted octanol–water partition coefficient (Wildman–Crippen LogP) is 4.52. The molecule has 6 heteroatoms. The molecule has 2 aliphatic carbocycles. The van der Waals surface area contributed by atoms with Crippen LogP contribution in [-0.4, -0.2) is 41.7 Å². The van der Waals surface area contributed by atoms with E-state index in [9.17, 15) is 4.79 Å². The van der Waals surface area contributed by atoms with Crippen molar-refractivity contribution >= 4 is 23.2 Å². The molecule has 1 atom stereocenters. The maximum atomic E-state index is 13.8. The van der Waals surface area contributed by atoms with E-state index in [0.717, 1.165) is 44.3 Å². The largest absolute Gasteiger partial charge is 0.457 e. The monoisotopic (exact) mass is 438 g/mol. The number of hydrogen-bond acceptors (Lipinski definition) is 4. The maximum Gasteiger partial charge on any atom is 0.259 e. The highest BCUT2D eigenvalue weighted by Gasteiger charge is 2.62. The van der Waals surface area contributed by atoms with Crippen molar-refractivity contribution in [2.24, 2.45) is 5.41 Å². The Labute approximate surface area is 189 Å². The van der Waals surface area contributed by atoms with E-state index in [-0.39, 0.29) is 17.4 Å². The molecule has 2 fully saturated rings. The number of hydrogen-bond donors (Lipinski definition) is 1. The molecule has 0 bridgehead atoms. The van der Waals surface area contributed by atoms with Crippen LogP contribution in [0.25, 0.3) is 0 Å². The number of ether oxygens (including phenoxy) is 2. The van der Waals surface area contributed by atoms with E-state index in [1.54, 1.807) is 19.1 Å². The normalized spacial score (nSPS) is 34.0. The van der Waals surface area contributed by atoms with Gasteiger partial charge in [0.1, 0.15) is 17.0 Å². The number of allylic oxidation sites excluding steroid dienone is 2. The van der Waals surface area contributed by atoms with Gasteiger partial charge in [-0.3, -0.25) is 9.69 Å². The Hall–Kier alpha value is -2.44. The van der Waals surface area contributed by atoms with Gasteiger partial charge in [0.2, 0.25) is 0 Å². The summed E-state index contributed by atoms with van der Waals surface area (Å²) in [4.78, 5) is 15.3. The number of likely N-dealkylation sites (N-methyl/N-ethyl adjacent to an activating group) is 1. The van der Waals surface area contributed by atoms with Gasteiger partial charge in [0, 0.05) is 19.6 Å². The highest BCUT2D eigenvalue weighted by Crippen LogP contribution is 2.54. The predicted molar refractivity (Wildman–Crippen MR) is 126 cm³/mol. The van der Waals surface area contributed by atoms with E-state index < -0.39 is 5.54 Å². The lowest BCUT2D eigenvalue weighted by atomic mass is 9.56. The summed E-state index contributed by atoms with van der Waals surface area (Å²) in [6.07, 6.45) is 11.5. The fourth-order valence-corrected chi connectivity index (χ4v) is 5.56. The van der Waals surface area contributed by atoms with Crippen LogP contribution >= 0.6 is 12.2 Å². The Bertz CT molecular complexity index is 931. The summed E-state index contributed by atoms with van der Waals surface area (Å²) in [5, 5.41) is 3.88. The minimum absolute atomic E-state index is 0.0319. The molecule has 1 aromatic rings. The SMILES string of the molecule is C=C1/C=C(Oc2ccccc2)\C=C/CCC2(CCC(OC)CC2)C12NC(=S)N(C)C2=O. The molecule has 1 aromatic carbocycles. The third kappa shape index (κ3) is 3.72. The summed E-state index contributed by atoms with van der Waals surface area (Å²) >= 11 is 5.53. The highest BCUT2D eigenvalue weighted by atomic mass is 32.1. The van der Waals surface area contributed by atoms with Crippen LogP contribution in [0.5, 0.6) is 5.75 Å². The number of amides is 1. The number of methoxy groups -OCH3 is 1. The van der Waals surface area contributed by atoms with E-state index in [4.69, 9.17) is 21.7 Å². The van der Waals surface area contributed by atoms with E-state index in [2.05, 4.69) is 18.0 Å². The van der Waals surface area contributed by atoms with Crippen molar-refractivity contribution in [2.45, 2.75) is 50.2 Å². The summed E-state index contributed by atoms with van der Waals surface area (Å²) in [6, 6.07) is 9.64. The van der Waals surface area contributed by atoms with E-state index >= 15 is 0 Å². The molecule has 1 heterocycles. The van der Waals surface area contributed by atoms with Crippen LogP contribution in [-0.2, 0) is 9.53 Å². The summed E-state index contributed by atoms with van der Waals surface area (Å²) in [7, 11) is 3.51. The van der Waals surface area contributed by atoms with Crippen molar-refractivity contribution in [3.63, 3.8) is 0 Å². The summed E-state index contributed by atoms with van der Waals surface area (Å²) in [5.74, 6) is 1.37. The molecule has 2 spiro atoms. The Kier molecular flexibility index (Phi) is 6.04. The van der Waals surface area contributed by atoms with Crippen molar-refractivity contribution in [1.29, 1.82) is 0 Å². The first-order chi connectivity index (χ1) is 14.9. The molecule has 1 aliphatic heterocycles. The van der Waals surface area contributed by atoms with Crippen molar-refractivity contribution in [2.75, 3.05) is 14.2 Å². The van der Waals surface area contributed by atoms with Crippen molar-refractivity contribution < 1.29 is 14.3 Å². The second kappa shape index (κ2) is 8.60. The van der Waals surface area contributed by atoms with Gasteiger partial charge >= 0.3 is 0 Å². The van der Waals surface area contributed by atoms with Gasteiger partial charge in [-0.25, -0.2) is 0 Å². The van der Waals surface area contributed by atoms with Crippen molar-refractivity contribution in [3.8, 4) is 5.75 Å². The fourth-order valence-electron chi connectivity index (χ4n) is 5.33. The lowest BCUT2D eigenvalue weighted by Crippen LogP contribution is -2.62. The first-order valence-electron chi connectivity index (χ1n) is 10.9. The molecule has 1 saturated heterocycles. The molecule has 0 radical (unpaired) electrons. The molecule has 1 saturated carbocycles. The summed E-state index contributed by atoms with van der Waals surface area (Å²) in [6.45, 7) is 4.40. The number of para-hydroxylation sites is 1. The second-order valence-corrected chi connectivity index (χ2v) is 9.07. The third-order valence-electron chi connectivity index (χ3n) is 7.09. The Morgan fingerprint density at radius 2 is 1.90 bits per heavy atom. The number of nitrogens with zero attached hydrogens (tertiary/aromatic N) is 1. The molecule has 5 nitrogen and oxygen atoms in total. The van der Waals surface area contributed by atoms with Crippen LogP contribution < -0.4 is 10.1 Å². The van der Waals surface area contributed by atoms with Crippen molar-refractivity contribution in [1.82, 2.24) is 10.2 Å². The first kappa shape index (κ1) is 21.8. The number of carbonyl (C=O) groups is 1. The zero-order chi connectivity index (χ0) is 22.1. The Morgan fingerprint density at radius 3 is 2.52 bits per heavy atom. The first-order valence-corrected chi connectivity index (χ1v) is 11.3. The molecule has 4 rings (SSSR count). The molecule has 1 N–H and O–H groups in total. The quantitative estimate of drug-likeness (QED) is 0.704. The smallest absolute Gasteiger partial charge is 0.259 e. The van der Waals surface area contributed by atoms with Gasteiger partial charge in [0.05, 0.1) is 6.10 Å². The number of carbonyl (C=O) groups excluding carboxylic acids is 1. The molecule has 31 heavy (non-hydrogen) atoms. The average molecular weight is 439 g/mol. The number of benzene rings is 1. The zero-order valence-corrected chi connectivity index (χ0v) is 19.0. The summed E-state index contributed by atoms with van der Waals surface area (Å²) < 4.78 is 11.8. The van der Waals surface area contributed by atoms with Crippen LogP contribution in [0.4, 0.5) is 0 Å². The van der Waals surface area contributed by atoms with Gasteiger partial charge < -0.3 is 14.8 Å². The van der Waals surface area contributed by atoms with Gasteiger partial charge in [-0.1, -0.05) is 30.9 Å². The maximum absolute atomic E-state index is 13.8. The van der Waals surface area contributed by atoms with Crippen LogP contribution in [0.15, 0.2) is 66.5 Å². The standard InChI is InChI=1S/C25H30N2O3S/c1-18-17-21(30-20-9-5-4-6-10-20)11-7-8-14-24(15-12-19(29-3)13-16-24)25(18)22(28)27(2)23(31)26-25/h4-7,9-11,17,19H,1,8,12-16H2,2-3H3,(H,26,31)/b11-7-,21-17+. The number of thiocarbonyl (C=S) groups is 1. The minimum atomic E-state index is -0.977. The molecule has 0 aromatic heterocycles. The molecular formula is C25H30N2O3S. The van der Waals surface area contributed by atoms with Gasteiger partial charge in [-0.05, 0) is 80.6 Å². The summed E-state index contributed by atoms with van der Waals surface area (Å²) in [5.41, 5.74) is -0.583. The molecule has 1 amide bonds. The Balaban J connectivity index is 1.77. The fraction of sp³-hybridized carbons (Fsp3) is 0.440.